The summed E-state index contributed by atoms with van der Waals surface area (Å²) in [5, 5.41) is 8.91. The van der Waals surface area contributed by atoms with E-state index in [0.29, 0.717) is 13.0 Å². The Morgan fingerprint density at radius 2 is 0.983 bits per heavy atom. The lowest BCUT2D eigenvalue weighted by molar-refractivity contribution is -0.154. The second kappa shape index (κ2) is 43.5. The molecule has 59 heavy (non-hydrogen) atoms. The van der Waals surface area contributed by atoms with Crippen molar-refractivity contribution in [3.05, 3.63) is 72.9 Å². The van der Waals surface area contributed by atoms with Crippen LogP contribution in [0.1, 0.15) is 181 Å². The van der Waals surface area contributed by atoms with Crippen molar-refractivity contribution in [3.8, 4) is 0 Å². The van der Waals surface area contributed by atoms with Gasteiger partial charge in [0.1, 0.15) is 12.1 Å². The summed E-state index contributed by atoms with van der Waals surface area (Å²) >= 11 is 0. The predicted octanol–water partition coefficient (Wildman–Crippen LogP) is 13.0. The molecule has 0 saturated heterocycles. The van der Waals surface area contributed by atoms with Crippen LogP contribution in [-0.2, 0) is 32.7 Å². The fourth-order valence-corrected chi connectivity index (χ4v) is 6.70. The summed E-state index contributed by atoms with van der Waals surface area (Å²) < 4.78 is 33.3. The summed E-state index contributed by atoms with van der Waals surface area (Å²) in [7, 11) is -4.63. The van der Waals surface area contributed by atoms with Crippen LogP contribution in [-0.4, -0.2) is 60.5 Å². The summed E-state index contributed by atoms with van der Waals surface area (Å²) in [6, 6.07) is -1.48. The van der Waals surface area contributed by atoms with Crippen molar-refractivity contribution in [2.45, 2.75) is 193 Å². The number of carbonyl (C=O) groups is 2. The first kappa shape index (κ1) is 56.4. The Bertz CT molecular complexity index is 1210. The zero-order chi connectivity index (χ0) is 43.3. The Hall–Kier alpha value is -2.59. The minimum atomic E-state index is -4.63. The molecule has 0 spiro atoms. The van der Waals surface area contributed by atoms with E-state index in [4.69, 9.17) is 29.4 Å². The Labute approximate surface area is 359 Å². The number of phosphoric ester groups is 1. The molecule has 0 aromatic carbocycles. The van der Waals surface area contributed by atoms with Gasteiger partial charge in [-0.3, -0.25) is 18.6 Å². The number of unbranched alkanes of at least 4 members (excludes halogenated alkanes) is 17. The normalized spacial score (nSPS) is 14.5. The minimum Gasteiger partial charge on any atom is -0.480 e. The molecule has 0 aromatic heterocycles. The molecule has 340 valence electrons. The molecule has 0 rings (SSSR count). The van der Waals surface area contributed by atoms with Gasteiger partial charge >= 0.3 is 19.8 Å². The van der Waals surface area contributed by atoms with Crippen molar-refractivity contribution in [2.24, 2.45) is 5.73 Å². The largest absolute Gasteiger partial charge is 0.480 e. The lowest BCUT2D eigenvalue weighted by Crippen LogP contribution is -2.34. The summed E-state index contributed by atoms with van der Waals surface area (Å²) in [5.74, 6) is -1.80. The average Bonchev–Trinajstić information content (AvgIpc) is 3.21. The summed E-state index contributed by atoms with van der Waals surface area (Å²) in [5.41, 5.74) is 5.36. The van der Waals surface area contributed by atoms with Crippen LogP contribution in [0.5, 0.6) is 0 Å². The zero-order valence-electron chi connectivity index (χ0n) is 37.1. The van der Waals surface area contributed by atoms with Crippen LogP contribution in [0.15, 0.2) is 72.9 Å². The number of nitrogens with two attached hydrogens (primary N) is 1. The van der Waals surface area contributed by atoms with E-state index < -0.39 is 45.1 Å². The zero-order valence-corrected chi connectivity index (χ0v) is 38.0. The molecule has 10 nitrogen and oxygen atoms in total. The number of carbonyl (C=O) groups excluding carboxylic acids is 1. The van der Waals surface area contributed by atoms with Crippen LogP contribution in [0.4, 0.5) is 0 Å². The molecule has 4 N–H and O–H groups in total. The van der Waals surface area contributed by atoms with Crippen LogP contribution in [0.2, 0.25) is 0 Å². The molecular weight excluding hydrogens is 765 g/mol. The van der Waals surface area contributed by atoms with Gasteiger partial charge in [0.05, 0.1) is 19.8 Å². The van der Waals surface area contributed by atoms with Gasteiger partial charge in [-0.1, -0.05) is 164 Å². The Balaban J connectivity index is 4.30. The number of ether oxygens (including phenoxy) is 2. The molecule has 0 fully saturated rings. The second-order valence-corrected chi connectivity index (χ2v) is 16.6. The van der Waals surface area contributed by atoms with Crippen molar-refractivity contribution >= 4 is 19.8 Å². The molecule has 0 aliphatic rings. The van der Waals surface area contributed by atoms with Crippen molar-refractivity contribution in [2.75, 3.05) is 26.4 Å². The van der Waals surface area contributed by atoms with Crippen molar-refractivity contribution in [1.82, 2.24) is 0 Å². The fourth-order valence-electron chi connectivity index (χ4n) is 5.92. The predicted molar refractivity (Wildman–Crippen MR) is 244 cm³/mol. The Morgan fingerprint density at radius 3 is 1.49 bits per heavy atom. The lowest BCUT2D eigenvalue weighted by Gasteiger charge is -2.20. The quantitative estimate of drug-likeness (QED) is 0.0234. The van der Waals surface area contributed by atoms with Gasteiger partial charge in [0.25, 0.3) is 0 Å². The Morgan fingerprint density at radius 1 is 0.559 bits per heavy atom. The van der Waals surface area contributed by atoms with Crippen molar-refractivity contribution in [1.29, 1.82) is 0 Å². The van der Waals surface area contributed by atoms with Gasteiger partial charge in [-0.05, 0) is 83.5 Å². The van der Waals surface area contributed by atoms with E-state index in [9.17, 15) is 19.0 Å². The lowest BCUT2D eigenvalue weighted by atomic mass is 10.1. The molecule has 0 amide bonds. The molecule has 0 aliphatic heterocycles. The highest BCUT2D eigenvalue weighted by atomic mass is 31.2. The van der Waals surface area contributed by atoms with E-state index in [-0.39, 0.29) is 13.0 Å². The summed E-state index contributed by atoms with van der Waals surface area (Å²) in [4.78, 5) is 33.6. The van der Waals surface area contributed by atoms with Gasteiger partial charge in [-0.25, -0.2) is 4.57 Å². The maximum absolute atomic E-state index is 12.7. The standard InChI is InChI=1S/C48H84NO9P/c1-3-5-7-9-11-13-15-17-19-21-23-24-26-28-30-32-34-36-38-40-47(50)58-45(43-56-59(53,54)57-44-46(49)48(51)52)42-55-41-39-37-35-33-31-29-27-25-22-20-18-16-14-12-10-8-6-4-2/h6,8,12,14,17-20,25,27,31,33,45-46H,3-5,7,9-11,13,15-16,21-24,26,28-30,32,34-44,49H2,1-2H3,(H,51,52)(H,53,54)/b8-6-,14-12-,19-17-,20-18-,27-25-,33-31-. The molecule has 3 atom stereocenters. The smallest absolute Gasteiger partial charge is 0.472 e. The summed E-state index contributed by atoms with van der Waals surface area (Å²) in [6.07, 6.45) is 53.9. The molecule has 0 heterocycles. The van der Waals surface area contributed by atoms with Gasteiger partial charge < -0.3 is 25.2 Å². The molecule has 3 unspecified atom stereocenters. The van der Waals surface area contributed by atoms with E-state index in [2.05, 4.69) is 86.8 Å². The van der Waals surface area contributed by atoms with E-state index >= 15 is 0 Å². The van der Waals surface area contributed by atoms with Crippen molar-refractivity contribution < 1.29 is 42.7 Å². The van der Waals surface area contributed by atoms with E-state index in [1.165, 1.54) is 83.5 Å². The molecule has 0 aromatic rings. The minimum absolute atomic E-state index is 0.0163. The van der Waals surface area contributed by atoms with E-state index in [1.54, 1.807) is 0 Å². The third-order valence-corrected chi connectivity index (χ3v) is 10.4. The number of carboxylic acid groups (broad SMARTS) is 1. The number of rotatable bonds is 43. The topological polar surface area (TPSA) is 155 Å². The fraction of sp³-hybridized carbons (Fsp3) is 0.708. The molecule has 0 aliphatic carbocycles. The number of hydrogen-bond donors (Lipinski definition) is 3. The highest BCUT2D eigenvalue weighted by molar-refractivity contribution is 7.47. The van der Waals surface area contributed by atoms with Crippen LogP contribution >= 0.6 is 7.82 Å². The highest BCUT2D eigenvalue weighted by Gasteiger charge is 2.27. The van der Waals surface area contributed by atoms with E-state index in [0.717, 1.165) is 70.6 Å². The molecule has 0 bridgehead atoms. The second-order valence-electron chi connectivity index (χ2n) is 15.1. The van der Waals surface area contributed by atoms with Gasteiger partial charge in [0.2, 0.25) is 0 Å². The number of esters is 1. The Kier molecular flexibility index (Phi) is 41.6. The molecular formula is C48H84NO9P. The number of phosphoric acid groups is 1. The van der Waals surface area contributed by atoms with Gasteiger partial charge in [0.15, 0.2) is 0 Å². The first-order chi connectivity index (χ1) is 28.7. The maximum atomic E-state index is 12.7. The van der Waals surface area contributed by atoms with Gasteiger partial charge in [-0.2, -0.15) is 0 Å². The van der Waals surface area contributed by atoms with Gasteiger partial charge in [-0.15, -0.1) is 0 Å². The third-order valence-electron chi connectivity index (χ3n) is 9.47. The molecule has 0 radical (unpaired) electrons. The first-order valence-corrected chi connectivity index (χ1v) is 24.5. The monoisotopic (exact) mass is 850 g/mol. The third kappa shape index (κ3) is 43.3. The van der Waals surface area contributed by atoms with Crippen LogP contribution in [0.3, 0.4) is 0 Å². The van der Waals surface area contributed by atoms with Crippen LogP contribution in [0, 0.1) is 0 Å². The SMILES string of the molecule is CC/C=C\C/C=C\C/C=C\C/C=C\C/C=C\CCCCOCC(COP(=O)(O)OCC(N)C(=O)O)OC(=O)CCCCCCCCCCC/C=C\CCCCCCCC. The molecule has 0 saturated carbocycles. The first-order valence-electron chi connectivity index (χ1n) is 23.0. The van der Waals surface area contributed by atoms with Crippen LogP contribution in [0.25, 0.3) is 0 Å². The maximum Gasteiger partial charge on any atom is 0.472 e. The molecule has 11 heteroatoms. The van der Waals surface area contributed by atoms with Crippen LogP contribution < -0.4 is 5.73 Å². The summed E-state index contributed by atoms with van der Waals surface area (Å²) in [6.45, 7) is 3.65. The van der Waals surface area contributed by atoms with Crippen molar-refractivity contribution in [3.63, 3.8) is 0 Å². The number of allylic oxidation sites excluding steroid dienone is 12. The number of hydrogen-bond acceptors (Lipinski definition) is 8. The van der Waals surface area contributed by atoms with Gasteiger partial charge in [0, 0.05) is 13.0 Å². The number of carboxylic acids is 1. The highest BCUT2D eigenvalue weighted by Crippen LogP contribution is 2.43. The average molecular weight is 850 g/mol. The number of aliphatic carboxylic acids is 1. The van der Waals surface area contributed by atoms with E-state index in [1.807, 2.05) is 0 Å².